The van der Waals surface area contributed by atoms with Crippen LogP contribution in [0.4, 0.5) is 4.79 Å². The normalized spacial score (nSPS) is 17.6. The zero-order valence-corrected chi connectivity index (χ0v) is 9.88. The lowest BCUT2D eigenvalue weighted by Gasteiger charge is -2.07. The first-order chi connectivity index (χ1) is 8.58. The van der Waals surface area contributed by atoms with Gasteiger partial charge >= 0.3 is 5.97 Å². The van der Waals surface area contributed by atoms with E-state index in [1.807, 2.05) is 0 Å². The number of carbonyl (C=O) groups is 3. The fourth-order valence-corrected chi connectivity index (χ4v) is 2.22. The number of aromatic nitrogens is 1. The molecule has 0 unspecified atom stereocenters. The molecule has 1 N–H and O–H groups in total. The second-order valence-electron chi connectivity index (χ2n) is 3.45. The highest BCUT2D eigenvalue weighted by Gasteiger charge is 2.36. The summed E-state index contributed by atoms with van der Waals surface area (Å²) in [5.74, 6) is -1.81. The van der Waals surface area contributed by atoms with Crippen molar-refractivity contribution in [2.45, 2.75) is 0 Å². The SMILES string of the molecule is O=C(O)CN1C(=O)S/C(=C/c2cccnc2)C1=O. The lowest BCUT2D eigenvalue weighted by molar-refractivity contribution is -0.140. The van der Waals surface area contributed by atoms with Crippen molar-refractivity contribution in [2.24, 2.45) is 0 Å². The Hall–Kier alpha value is -2.15. The van der Waals surface area contributed by atoms with Crippen LogP contribution in [0, 0.1) is 0 Å². The van der Waals surface area contributed by atoms with Gasteiger partial charge in [0.2, 0.25) is 0 Å². The van der Waals surface area contributed by atoms with E-state index >= 15 is 0 Å². The lowest BCUT2D eigenvalue weighted by Crippen LogP contribution is -2.33. The summed E-state index contributed by atoms with van der Waals surface area (Å²) < 4.78 is 0. The minimum absolute atomic E-state index is 0.203. The Balaban J connectivity index is 2.23. The predicted molar refractivity (Wildman–Crippen MR) is 64.5 cm³/mol. The molecule has 6 nitrogen and oxygen atoms in total. The van der Waals surface area contributed by atoms with Gasteiger partial charge in [-0.05, 0) is 29.5 Å². The Kier molecular flexibility index (Phi) is 3.42. The second-order valence-corrected chi connectivity index (χ2v) is 4.44. The zero-order valence-electron chi connectivity index (χ0n) is 9.07. The topological polar surface area (TPSA) is 87.6 Å². The summed E-state index contributed by atoms with van der Waals surface area (Å²) >= 11 is 0.726. The maximum Gasteiger partial charge on any atom is 0.323 e. The van der Waals surface area contributed by atoms with Crippen molar-refractivity contribution >= 4 is 35.0 Å². The number of imide groups is 1. The van der Waals surface area contributed by atoms with E-state index in [-0.39, 0.29) is 4.91 Å². The molecule has 1 aromatic rings. The molecule has 2 heterocycles. The van der Waals surface area contributed by atoms with Crippen LogP contribution in [0.25, 0.3) is 6.08 Å². The largest absolute Gasteiger partial charge is 0.480 e. The third-order valence-electron chi connectivity index (χ3n) is 2.15. The van der Waals surface area contributed by atoms with Crippen molar-refractivity contribution in [3.63, 3.8) is 0 Å². The summed E-state index contributed by atoms with van der Waals surface area (Å²) in [6.07, 6.45) is 4.65. The van der Waals surface area contributed by atoms with Crippen LogP contribution in [0.1, 0.15) is 5.56 Å². The van der Waals surface area contributed by atoms with Crippen LogP contribution in [0.5, 0.6) is 0 Å². The van der Waals surface area contributed by atoms with E-state index in [0.29, 0.717) is 10.5 Å². The number of hydrogen-bond acceptors (Lipinski definition) is 5. The molecule has 92 valence electrons. The van der Waals surface area contributed by atoms with Gasteiger partial charge in [0.05, 0.1) is 4.91 Å². The molecule has 1 saturated heterocycles. The summed E-state index contributed by atoms with van der Waals surface area (Å²) in [5, 5.41) is 8.03. The van der Waals surface area contributed by atoms with Gasteiger partial charge in [-0.2, -0.15) is 0 Å². The van der Waals surface area contributed by atoms with Crippen LogP contribution in [0.3, 0.4) is 0 Å². The molecule has 0 bridgehead atoms. The number of rotatable bonds is 3. The number of hydrogen-bond donors (Lipinski definition) is 1. The standard InChI is InChI=1S/C11H8N2O4S/c14-9(15)6-13-10(16)8(18-11(13)17)4-7-2-1-3-12-5-7/h1-5H,6H2,(H,14,15)/b8-4+. The molecular weight excluding hydrogens is 256 g/mol. The molecule has 0 radical (unpaired) electrons. The average Bonchev–Trinajstić information content (AvgIpc) is 2.58. The number of pyridine rings is 1. The average molecular weight is 264 g/mol. The molecule has 0 atom stereocenters. The van der Waals surface area contributed by atoms with Crippen LogP contribution in [-0.2, 0) is 9.59 Å². The van der Waals surface area contributed by atoms with Crippen LogP contribution < -0.4 is 0 Å². The molecule has 1 fully saturated rings. The molecule has 2 amide bonds. The van der Waals surface area contributed by atoms with E-state index in [1.165, 1.54) is 6.08 Å². The van der Waals surface area contributed by atoms with Crippen molar-refractivity contribution in [3.05, 3.63) is 35.0 Å². The fourth-order valence-electron chi connectivity index (χ4n) is 1.38. The molecular formula is C11H8N2O4S. The number of carboxylic acid groups (broad SMARTS) is 1. The molecule has 1 aliphatic rings. The number of aliphatic carboxylic acids is 1. The monoisotopic (exact) mass is 264 g/mol. The minimum Gasteiger partial charge on any atom is -0.480 e. The Labute approximate surface area is 106 Å². The molecule has 0 aliphatic carbocycles. The van der Waals surface area contributed by atoms with Crippen LogP contribution in [0.15, 0.2) is 29.4 Å². The first kappa shape index (κ1) is 12.3. The van der Waals surface area contributed by atoms with Gasteiger partial charge < -0.3 is 5.11 Å². The summed E-state index contributed by atoms with van der Waals surface area (Å²) in [5.41, 5.74) is 0.679. The summed E-state index contributed by atoms with van der Waals surface area (Å²) in [6, 6.07) is 3.44. The minimum atomic E-state index is -1.22. The van der Waals surface area contributed by atoms with Crippen LogP contribution in [0.2, 0.25) is 0 Å². The zero-order chi connectivity index (χ0) is 13.1. The van der Waals surface area contributed by atoms with Gasteiger partial charge in [0.25, 0.3) is 11.1 Å². The second kappa shape index (κ2) is 5.01. The molecule has 2 rings (SSSR count). The van der Waals surface area contributed by atoms with Gasteiger partial charge in [-0.15, -0.1) is 0 Å². The molecule has 7 heteroatoms. The molecule has 0 aromatic carbocycles. The van der Waals surface area contributed by atoms with Crippen molar-refractivity contribution in [3.8, 4) is 0 Å². The van der Waals surface area contributed by atoms with Gasteiger partial charge in [-0.25, -0.2) is 0 Å². The van der Waals surface area contributed by atoms with Crippen LogP contribution >= 0.6 is 11.8 Å². The third-order valence-corrected chi connectivity index (χ3v) is 3.06. The van der Waals surface area contributed by atoms with Gasteiger partial charge in [0.15, 0.2) is 0 Å². The van der Waals surface area contributed by atoms with E-state index in [2.05, 4.69) is 4.98 Å². The molecule has 0 saturated carbocycles. The highest BCUT2D eigenvalue weighted by molar-refractivity contribution is 8.18. The quantitative estimate of drug-likeness (QED) is 0.825. The number of thioether (sulfide) groups is 1. The number of amides is 2. The van der Waals surface area contributed by atoms with E-state index in [9.17, 15) is 14.4 Å². The van der Waals surface area contributed by atoms with Crippen molar-refractivity contribution in [1.82, 2.24) is 9.88 Å². The van der Waals surface area contributed by atoms with Crippen molar-refractivity contribution in [1.29, 1.82) is 0 Å². The van der Waals surface area contributed by atoms with Gasteiger partial charge in [0, 0.05) is 12.4 Å². The highest BCUT2D eigenvalue weighted by Crippen LogP contribution is 2.31. The Morgan fingerprint density at radius 3 is 2.89 bits per heavy atom. The Morgan fingerprint density at radius 2 is 2.28 bits per heavy atom. The summed E-state index contributed by atoms with van der Waals surface area (Å²) in [6.45, 7) is -0.616. The van der Waals surface area contributed by atoms with Gasteiger partial charge in [-0.1, -0.05) is 6.07 Å². The van der Waals surface area contributed by atoms with E-state index in [0.717, 1.165) is 11.8 Å². The number of nitrogens with zero attached hydrogens (tertiary/aromatic N) is 2. The lowest BCUT2D eigenvalue weighted by atomic mass is 10.2. The summed E-state index contributed by atoms with van der Waals surface area (Å²) in [4.78, 5) is 38.6. The summed E-state index contributed by atoms with van der Waals surface area (Å²) in [7, 11) is 0. The van der Waals surface area contributed by atoms with Crippen molar-refractivity contribution < 1.29 is 19.5 Å². The van der Waals surface area contributed by atoms with Crippen molar-refractivity contribution in [2.75, 3.05) is 6.54 Å². The maximum absolute atomic E-state index is 11.8. The maximum atomic E-state index is 11.8. The number of carbonyl (C=O) groups excluding carboxylic acids is 2. The number of carboxylic acids is 1. The first-order valence-electron chi connectivity index (χ1n) is 4.95. The Bertz CT molecular complexity index is 541. The van der Waals surface area contributed by atoms with E-state index in [1.54, 1.807) is 24.5 Å². The molecule has 18 heavy (non-hydrogen) atoms. The first-order valence-corrected chi connectivity index (χ1v) is 5.77. The smallest absolute Gasteiger partial charge is 0.323 e. The Morgan fingerprint density at radius 1 is 1.50 bits per heavy atom. The van der Waals surface area contributed by atoms with E-state index < -0.39 is 23.7 Å². The highest BCUT2D eigenvalue weighted by atomic mass is 32.2. The predicted octanol–water partition coefficient (Wildman–Crippen LogP) is 1.20. The van der Waals surface area contributed by atoms with Crippen LogP contribution in [-0.4, -0.2) is 38.7 Å². The fraction of sp³-hybridized carbons (Fsp3) is 0.0909. The molecule has 0 spiro atoms. The van der Waals surface area contributed by atoms with Gasteiger partial charge in [-0.3, -0.25) is 24.3 Å². The van der Waals surface area contributed by atoms with E-state index in [4.69, 9.17) is 5.11 Å². The molecule has 1 aliphatic heterocycles. The molecule has 1 aromatic heterocycles. The van der Waals surface area contributed by atoms with Gasteiger partial charge in [0.1, 0.15) is 6.54 Å². The third kappa shape index (κ3) is 2.57.